The van der Waals surface area contributed by atoms with Gasteiger partial charge in [-0.3, -0.25) is 9.52 Å². The number of benzene rings is 2. The van der Waals surface area contributed by atoms with Crippen molar-refractivity contribution in [2.75, 3.05) is 27.9 Å². The molecule has 0 aliphatic carbocycles. The number of ether oxygens (including phenoxy) is 3. The molecule has 0 aliphatic heterocycles. The Bertz CT molecular complexity index is 684. The Kier molecular flexibility index (Phi) is 11.6. The van der Waals surface area contributed by atoms with Crippen molar-refractivity contribution in [1.29, 1.82) is 0 Å². The number of rotatable bonds is 10. The number of aryl methyl sites for hydroxylation is 1. The molecule has 0 atom stereocenters. The number of carboxylic acid groups (broad SMARTS) is 1. The largest absolute Gasteiger partial charge is 0.493 e. The molecule has 0 aliphatic rings. The molecule has 2 rings (SSSR count). The normalized spacial score (nSPS) is 9.86. The van der Waals surface area contributed by atoms with Crippen LogP contribution in [0.3, 0.4) is 0 Å². The molecule has 0 unspecified atom stereocenters. The minimum absolute atomic E-state index is 0.212. The molecule has 0 bridgehead atoms. The molecule has 0 radical (unpaired) electrons. The van der Waals surface area contributed by atoms with Gasteiger partial charge < -0.3 is 19.3 Å². The fourth-order valence-corrected chi connectivity index (χ4v) is 2.99. The second-order valence-corrected chi connectivity index (χ2v) is 6.57. The third-order valence-electron chi connectivity index (χ3n) is 3.68. The van der Waals surface area contributed by atoms with E-state index in [1.807, 2.05) is 42.5 Å². The topological polar surface area (TPSA) is 77.0 Å². The number of aliphatic carboxylic acids is 1. The Morgan fingerprint density at radius 1 is 1.00 bits per heavy atom. The van der Waals surface area contributed by atoms with Crippen molar-refractivity contribution in [3.63, 3.8) is 0 Å². The highest BCUT2D eigenvalue weighted by Crippen LogP contribution is 2.38. The first-order valence-corrected chi connectivity index (χ1v) is 9.93. The molecule has 2 aromatic carbocycles. The second kappa shape index (κ2) is 13.7. The van der Waals surface area contributed by atoms with Gasteiger partial charge in [0.2, 0.25) is 5.75 Å². The number of nitrogens with one attached hydrogen (secondary N) is 1. The van der Waals surface area contributed by atoms with E-state index in [4.69, 9.17) is 19.3 Å². The summed E-state index contributed by atoms with van der Waals surface area (Å²) in [6, 6.07) is 13.5. The van der Waals surface area contributed by atoms with Crippen molar-refractivity contribution in [3.05, 3.63) is 53.6 Å². The Balaban J connectivity index is 0.000000307. The molecule has 0 fully saturated rings. The van der Waals surface area contributed by atoms with Gasteiger partial charge in [0.25, 0.3) is 0 Å². The van der Waals surface area contributed by atoms with Crippen molar-refractivity contribution in [2.24, 2.45) is 0 Å². The van der Waals surface area contributed by atoms with E-state index in [0.717, 1.165) is 23.4 Å². The fraction of sp³-hybridized carbons (Fsp3) is 0.381. The van der Waals surface area contributed by atoms with Crippen LogP contribution in [0.25, 0.3) is 0 Å². The van der Waals surface area contributed by atoms with Crippen LogP contribution < -0.4 is 18.9 Å². The van der Waals surface area contributed by atoms with E-state index in [1.54, 1.807) is 33.3 Å². The minimum atomic E-state index is -0.742. The predicted molar refractivity (Wildman–Crippen MR) is 113 cm³/mol. The molecule has 2 N–H and O–H groups in total. The highest BCUT2D eigenvalue weighted by molar-refractivity contribution is 7.96. The lowest BCUT2D eigenvalue weighted by Gasteiger charge is -2.13. The monoisotopic (exact) mass is 407 g/mol. The zero-order chi connectivity index (χ0) is 20.8. The van der Waals surface area contributed by atoms with Crippen molar-refractivity contribution in [3.8, 4) is 17.2 Å². The summed E-state index contributed by atoms with van der Waals surface area (Å²) in [6.07, 6.45) is 0.834. The van der Waals surface area contributed by atoms with Gasteiger partial charge in [0.15, 0.2) is 11.5 Å². The summed E-state index contributed by atoms with van der Waals surface area (Å²) < 4.78 is 19.1. The molecule has 0 saturated heterocycles. The molecule has 28 heavy (non-hydrogen) atoms. The summed E-state index contributed by atoms with van der Waals surface area (Å²) in [5.74, 6) is 2.13. The Morgan fingerprint density at radius 3 is 2.07 bits per heavy atom. The molecule has 0 amide bonds. The molecule has 0 aromatic heterocycles. The Morgan fingerprint density at radius 2 is 1.61 bits per heavy atom. The van der Waals surface area contributed by atoms with Crippen LogP contribution in [0.4, 0.5) is 0 Å². The Hall–Kier alpha value is -2.38. The first-order valence-electron chi connectivity index (χ1n) is 8.94. The first-order chi connectivity index (χ1) is 13.5. The van der Waals surface area contributed by atoms with Gasteiger partial charge in [-0.25, -0.2) is 0 Å². The number of carboxylic acids is 1. The van der Waals surface area contributed by atoms with Crippen LogP contribution in [0.15, 0.2) is 42.5 Å². The Labute approximate surface area is 171 Å². The third-order valence-corrected chi connectivity index (χ3v) is 4.65. The van der Waals surface area contributed by atoms with Crippen LogP contribution in [-0.2, 0) is 17.0 Å². The van der Waals surface area contributed by atoms with Crippen molar-refractivity contribution < 1.29 is 24.1 Å². The maximum absolute atomic E-state index is 10.2. The number of carbonyl (C=O) groups is 1. The average molecular weight is 408 g/mol. The molecule has 0 saturated carbocycles. The van der Waals surface area contributed by atoms with Crippen LogP contribution in [-0.4, -0.2) is 38.9 Å². The van der Waals surface area contributed by atoms with Gasteiger partial charge in [-0.05, 0) is 29.7 Å². The summed E-state index contributed by atoms with van der Waals surface area (Å²) in [5.41, 5.74) is 2.21. The lowest BCUT2D eigenvalue weighted by Crippen LogP contribution is -2.02. The van der Waals surface area contributed by atoms with Crippen LogP contribution in [0.1, 0.15) is 24.5 Å². The third kappa shape index (κ3) is 8.54. The van der Waals surface area contributed by atoms with Crippen LogP contribution in [0.2, 0.25) is 0 Å². The highest BCUT2D eigenvalue weighted by Gasteiger charge is 2.12. The smallest absolute Gasteiger partial charge is 0.303 e. The second-order valence-electron chi connectivity index (χ2n) is 5.70. The molecule has 0 spiro atoms. The molecular weight excluding hydrogens is 378 g/mol. The molecule has 6 nitrogen and oxygen atoms in total. The average Bonchev–Trinajstić information content (AvgIpc) is 2.72. The van der Waals surface area contributed by atoms with Gasteiger partial charge in [-0.2, -0.15) is 0 Å². The quantitative estimate of drug-likeness (QED) is 0.452. The van der Waals surface area contributed by atoms with Gasteiger partial charge in [0.05, 0.1) is 21.3 Å². The fourth-order valence-electron chi connectivity index (χ4n) is 2.35. The number of hydrogen-bond donors (Lipinski definition) is 2. The van der Waals surface area contributed by atoms with Gasteiger partial charge in [-0.15, -0.1) is 0 Å². The summed E-state index contributed by atoms with van der Waals surface area (Å²) in [7, 11) is 4.85. The summed E-state index contributed by atoms with van der Waals surface area (Å²) in [4.78, 5) is 10.2. The van der Waals surface area contributed by atoms with E-state index in [9.17, 15) is 4.79 Å². The minimum Gasteiger partial charge on any atom is -0.493 e. The maximum Gasteiger partial charge on any atom is 0.303 e. The van der Waals surface area contributed by atoms with E-state index in [1.165, 1.54) is 0 Å². The molecule has 154 valence electrons. The van der Waals surface area contributed by atoms with Gasteiger partial charge >= 0.3 is 5.97 Å². The van der Waals surface area contributed by atoms with Crippen LogP contribution in [0, 0.1) is 0 Å². The van der Waals surface area contributed by atoms with Crippen LogP contribution >= 0.6 is 11.9 Å². The zero-order valence-corrected chi connectivity index (χ0v) is 17.7. The van der Waals surface area contributed by atoms with Crippen LogP contribution in [0.5, 0.6) is 17.2 Å². The van der Waals surface area contributed by atoms with Crippen molar-refractivity contribution in [1.82, 2.24) is 4.72 Å². The summed E-state index contributed by atoms with van der Waals surface area (Å²) in [6.45, 7) is 3.01. The number of methoxy groups -OCH3 is 3. The van der Waals surface area contributed by atoms with E-state index in [0.29, 0.717) is 23.7 Å². The predicted octanol–water partition coefficient (Wildman–Crippen LogP) is 4.17. The maximum atomic E-state index is 10.2. The van der Waals surface area contributed by atoms with E-state index < -0.39 is 5.97 Å². The summed E-state index contributed by atoms with van der Waals surface area (Å²) >= 11 is 1.66. The van der Waals surface area contributed by atoms with Gasteiger partial charge in [0, 0.05) is 18.7 Å². The lowest BCUT2D eigenvalue weighted by molar-refractivity contribution is -0.136. The van der Waals surface area contributed by atoms with E-state index in [-0.39, 0.29) is 6.42 Å². The number of hydrogen-bond acceptors (Lipinski definition) is 6. The van der Waals surface area contributed by atoms with Gasteiger partial charge in [-0.1, -0.05) is 49.2 Å². The van der Waals surface area contributed by atoms with Crippen molar-refractivity contribution in [2.45, 2.75) is 25.5 Å². The van der Waals surface area contributed by atoms with E-state index >= 15 is 0 Å². The standard InChI is InChI=1S/C12H19NO3S.C9H10O2/c1-5-13-17-8-9-6-10(14-2)12(16-4)11(7-9)15-3;10-9(11)7-6-8-4-2-1-3-5-8/h6-7,13H,5,8H2,1-4H3;1-5H,6-7H2,(H,10,11). The highest BCUT2D eigenvalue weighted by atomic mass is 32.2. The van der Waals surface area contributed by atoms with E-state index in [2.05, 4.69) is 11.6 Å². The molecular formula is C21H29NO5S. The molecule has 2 aromatic rings. The lowest BCUT2D eigenvalue weighted by atomic mass is 10.1. The molecule has 0 heterocycles. The first kappa shape index (κ1) is 23.7. The summed E-state index contributed by atoms with van der Waals surface area (Å²) in [5, 5.41) is 8.37. The molecule has 7 heteroatoms. The van der Waals surface area contributed by atoms with Crippen molar-refractivity contribution >= 4 is 17.9 Å². The SMILES string of the molecule is CCNSCc1cc(OC)c(OC)c(OC)c1.O=C(O)CCc1ccccc1. The van der Waals surface area contributed by atoms with Gasteiger partial charge in [0.1, 0.15) is 0 Å². The zero-order valence-electron chi connectivity index (χ0n) is 16.9.